The van der Waals surface area contributed by atoms with Gasteiger partial charge in [-0.05, 0) is 19.8 Å². The van der Waals surface area contributed by atoms with Crippen LogP contribution in [0, 0.1) is 5.92 Å². The van der Waals surface area contributed by atoms with Gasteiger partial charge in [0.2, 0.25) is 5.91 Å². The molecule has 1 N–H and O–H groups in total. The molecule has 0 unspecified atom stereocenters. The number of carbonyl (C=O) groups excluding carboxylic acids is 2. The van der Waals surface area contributed by atoms with Crippen LogP contribution in [0.3, 0.4) is 0 Å². The van der Waals surface area contributed by atoms with Crippen molar-refractivity contribution in [2.45, 2.75) is 25.8 Å². The summed E-state index contributed by atoms with van der Waals surface area (Å²) < 4.78 is 0. The normalized spacial score (nSPS) is 24.6. The summed E-state index contributed by atoms with van der Waals surface area (Å²) in [6, 6.07) is 0.323. The first kappa shape index (κ1) is 15.1. The molecule has 2 aliphatic heterocycles. The van der Waals surface area contributed by atoms with Crippen molar-refractivity contribution in [1.82, 2.24) is 20.0 Å². The first-order valence-corrected chi connectivity index (χ1v) is 7.48. The van der Waals surface area contributed by atoms with E-state index >= 15 is 0 Å². The molecule has 0 aliphatic carbocycles. The van der Waals surface area contributed by atoms with E-state index in [9.17, 15) is 9.59 Å². The van der Waals surface area contributed by atoms with E-state index in [1.165, 1.54) is 0 Å². The summed E-state index contributed by atoms with van der Waals surface area (Å²) in [5, 5.41) is 3.30. The fourth-order valence-corrected chi connectivity index (χ4v) is 3.00. The molecule has 0 aromatic heterocycles. The Morgan fingerprint density at radius 1 is 1.15 bits per heavy atom. The van der Waals surface area contributed by atoms with Crippen LogP contribution in [0.15, 0.2) is 0 Å². The second-order valence-corrected chi connectivity index (χ2v) is 6.02. The number of nitrogens with one attached hydrogen (secondary N) is 1. The van der Waals surface area contributed by atoms with Gasteiger partial charge in [0.25, 0.3) is 0 Å². The van der Waals surface area contributed by atoms with Crippen molar-refractivity contribution in [3.8, 4) is 0 Å². The molecule has 2 aliphatic rings. The van der Waals surface area contributed by atoms with E-state index in [1.54, 1.807) is 19.0 Å². The fraction of sp³-hybridized carbons (Fsp3) is 0.857. The third-order valence-electron chi connectivity index (χ3n) is 4.28. The second kappa shape index (κ2) is 6.43. The van der Waals surface area contributed by atoms with Crippen LogP contribution in [-0.2, 0) is 4.79 Å². The van der Waals surface area contributed by atoms with E-state index in [2.05, 4.69) is 12.2 Å². The molecule has 1 atom stereocenters. The Bertz CT molecular complexity index is 364. The highest BCUT2D eigenvalue weighted by Gasteiger charge is 2.33. The molecule has 0 radical (unpaired) electrons. The number of urea groups is 1. The van der Waals surface area contributed by atoms with Crippen molar-refractivity contribution in [3.63, 3.8) is 0 Å². The number of hydrogen-bond donors (Lipinski definition) is 1. The van der Waals surface area contributed by atoms with Crippen LogP contribution in [0.1, 0.15) is 19.8 Å². The molecule has 0 aromatic rings. The van der Waals surface area contributed by atoms with Crippen molar-refractivity contribution in [2.75, 3.05) is 46.8 Å². The Balaban J connectivity index is 1.87. The van der Waals surface area contributed by atoms with Crippen molar-refractivity contribution >= 4 is 11.9 Å². The minimum atomic E-state index is 0.0476. The zero-order valence-electron chi connectivity index (χ0n) is 12.8. The molecule has 2 heterocycles. The highest BCUT2D eigenvalue weighted by molar-refractivity contribution is 5.80. The predicted octanol–water partition coefficient (Wildman–Crippen LogP) is 0.200. The van der Waals surface area contributed by atoms with Gasteiger partial charge in [-0.3, -0.25) is 4.79 Å². The Morgan fingerprint density at radius 2 is 1.80 bits per heavy atom. The van der Waals surface area contributed by atoms with Gasteiger partial charge in [0, 0.05) is 58.8 Å². The fourth-order valence-electron chi connectivity index (χ4n) is 3.00. The number of nitrogens with zero attached hydrogens (tertiary/aromatic N) is 3. The largest absolute Gasteiger partial charge is 0.337 e. The van der Waals surface area contributed by atoms with Crippen LogP contribution >= 0.6 is 0 Å². The number of carbonyl (C=O) groups is 2. The lowest BCUT2D eigenvalue weighted by Gasteiger charge is -2.39. The van der Waals surface area contributed by atoms with Crippen molar-refractivity contribution < 1.29 is 9.59 Å². The van der Waals surface area contributed by atoms with E-state index in [0.717, 1.165) is 32.5 Å². The summed E-state index contributed by atoms with van der Waals surface area (Å²) in [4.78, 5) is 29.9. The topological polar surface area (TPSA) is 55.9 Å². The number of amides is 3. The van der Waals surface area contributed by atoms with Gasteiger partial charge in [0.15, 0.2) is 0 Å². The minimum Gasteiger partial charge on any atom is -0.337 e. The average Bonchev–Trinajstić information content (AvgIpc) is 2.46. The third-order valence-corrected chi connectivity index (χ3v) is 4.28. The van der Waals surface area contributed by atoms with Gasteiger partial charge in [0.1, 0.15) is 0 Å². The predicted molar refractivity (Wildman–Crippen MR) is 77.4 cm³/mol. The van der Waals surface area contributed by atoms with Gasteiger partial charge in [-0.15, -0.1) is 0 Å². The summed E-state index contributed by atoms with van der Waals surface area (Å²) in [6.07, 6.45) is 1.57. The van der Waals surface area contributed by atoms with E-state index < -0.39 is 0 Å². The lowest BCUT2D eigenvalue weighted by Crippen LogP contribution is -2.55. The monoisotopic (exact) mass is 282 g/mol. The second-order valence-electron chi connectivity index (χ2n) is 6.02. The number of hydrogen-bond acceptors (Lipinski definition) is 3. The van der Waals surface area contributed by atoms with Crippen LogP contribution < -0.4 is 5.32 Å². The highest BCUT2D eigenvalue weighted by Crippen LogP contribution is 2.21. The first-order valence-electron chi connectivity index (χ1n) is 7.48. The zero-order chi connectivity index (χ0) is 14.7. The number of piperidine rings is 1. The molecule has 20 heavy (non-hydrogen) atoms. The quantitative estimate of drug-likeness (QED) is 0.747. The molecule has 6 heteroatoms. The van der Waals surface area contributed by atoms with Crippen LogP contribution in [0.25, 0.3) is 0 Å². The maximum absolute atomic E-state index is 12.6. The Kier molecular flexibility index (Phi) is 4.86. The third kappa shape index (κ3) is 3.23. The van der Waals surface area contributed by atoms with Gasteiger partial charge < -0.3 is 20.0 Å². The Labute approximate surface area is 121 Å². The zero-order valence-corrected chi connectivity index (χ0v) is 12.8. The van der Waals surface area contributed by atoms with Crippen molar-refractivity contribution in [3.05, 3.63) is 0 Å². The van der Waals surface area contributed by atoms with Crippen molar-refractivity contribution in [1.29, 1.82) is 0 Å². The van der Waals surface area contributed by atoms with Gasteiger partial charge >= 0.3 is 6.03 Å². The molecule has 0 spiro atoms. The maximum Gasteiger partial charge on any atom is 0.319 e. The summed E-state index contributed by atoms with van der Waals surface area (Å²) in [6.45, 7) is 6.03. The molecule has 114 valence electrons. The standard InChI is InChI=1S/C14H26N4O2/c1-11-10-15-6-9-18(11)13(19)12-4-7-17(8-5-12)14(20)16(2)3/h11-12,15H,4-10H2,1-3H3/t11-/m0/s1. The molecule has 0 bridgehead atoms. The molecule has 0 saturated carbocycles. The summed E-state index contributed by atoms with van der Waals surface area (Å²) in [7, 11) is 3.53. The highest BCUT2D eigenvalue weighted by atomic mass is 16.2. The molecule has 2 fully saturated rings. The summed E-state index contributed by atoms with van der Waals surface area (Å²) in [5.41, 5.74) is 0. The van der Waals surface area contributed by atoms with E-state index in [4.69, 9.17) is 0 Å². The van der Waals surface area contributed by atoms with Gasteiger partial charge in [-0.1, -0.05) is 0 Å². The van der Waals surface area contributed by atoms with Crippen LogP contribution in [0.5, 0.6) is 0 Å². The molecule has 2 saturated heterocycles. The molecular formula is C14H26N4O2. The minimum absolute atomic E-state index is 0.0476. The lowest BCUT2D eigenvalue weighted by atomic mass is 9.94. The molecule has 2 rings (SSSR count). The van der Waals surface area contributed by atoms with E-state index in [-0.39, 0.29) is 23.9 Å². The van der Waals surface area contributed by atoms with Gasteiger partial charge in [-0.25, -0.2) is 4.79 Å². The number of likely N-dealkylation sites (tertiary alicyclic amines) is 1. The van der Waals surface area contributed by atoms with Gasteiger partial charge in [0.05, 0.1) is 0 Å². The van der Waals surface area contributed by atoms with Gasteiger partial charge in [-0.2, -0.15) is 0 Å². The number of piperazine rings is 1. The Hall–Kier alpha value is -1.30. The van der Waals surface area contributed by atoms with Crippen LogP contribution in [0.2, 0.25) is 0 Å². The summed E-state index contributed by atoms with van der Waals surface area (Å²) >= 11 is 0. The maximum atomic E-state index is 12.6. The SMILES string of the molecule is C[C@H]1CNCCN1C(=O)C1CCN(C(=O)N(C)C)CC1. The molecule has 6 nitrogen and oxygen atoms in total. The molecular weight excluding hydrogens is 256 g/mol. The smallest absolute Gasteiger partial charge is 0.319 e. The molecule has 0 aromatic carbocycles. The van der Waals surface area contributed by atoms with Crippen LogP contribution in [0.4, 0.5) is 4.79 Å². The average molecular weight is 282 g/mol. The van der Waals surface area contributed by atoms with Crippen molar-refractivity contribution in [2.24, 2.45) is 5.92 Å². The Morgan fingerprint density at radius 3 is 2.35 bits per heavy atom. The van der Waals surface area contributed by atoms with E-state index in [1.807, 2.05) is 9.80 Å². The lowest BCUT2D eigenvalue weighted by molar-refractivity contribution is -0.139. The first-order chi connectivity index (χ1) is 9.50. The van der Waals surface area contributed by atoms with Crippen LogP contribution in [-0.4, -0.2) is 79.5 Å². The molecule has 3 amide bonds. The summed E-state index contributed by atoms with van der Waals surface area (Å²) in [5.74, 6) is 0.359. The number of rotatable bonds is 1. The van der Waals surface area contributed by atoms with E-state index in [0.29, 0.717) is 13.1 Å².